The van der Waals surface area contributed by atoms with Crippen LogP contribution in [0.15, 0.2) is 88.2 Å². The summed E-state index contributed by atoms with van der Waals surface area (Å²) in [5.74, 6) is 0.682. The average Bonchev–Trinajstić information content (AvgIpc) is 2.91. The molecule has 3 rings (SSSR count). The first kappa shape index (κ1) is 29.3. The fraction of sp³-hybridized carbons (Fsp3) is 0.333. The molecule has 2 amide bonds. The van der Waals surface area contributed by atoms with Crippen molar-refractivity contribution in [1.29, 1.82) is 0 Å². The molecule has 0 aliphatic rings. The highest BCUT2D eigenvalue weighted by molar-refractivity contribution is 9.10. The van der Waals surface area contributed by atoms with Gasteiger partial charge in [0.25, 0.3) is 0 Å². The number of hydrogen-bond donors (Lipinski definition) is 1. The molecule has 0 saturated heterocycles. The summed E-state index contributed by atoms with van der Waals surface area (Å²) in [4.78, 5) is 30.1. The number of hydrogen-bond acceptors (Lipinski definition) is 3. The maximum atomic E-state index is 13.7. The Balaban J connectivity index is 1.78. The lowest BCUT2D eigenvalue weighted by Crippen LogP contribution is -2.52. The van der Waals surface area contributed by atoms with Gasteiger partial charge in [0.1, 0.15) is 6.04 Å². The van der Waals surface area contributed by atoms with Gasteiger partial charge in [0, 0.05) is 39.8 Å². The number of carbonyl (C=O) groups excluding carboxylic acids is 2. The molecule has 0 spiro atoms. The van der Waals surface area contributed by atoms with Crippen molar-refractivity contribution in [2.45, 2.75) is 63.1 Å². The van der Waals surface area contributed by atoms with E-state index in [0.29, 0.717) is 30.8 Å². The monoisotopic (exact) mass is 600 g/mol. The first-order valence-corrected chi connectivity index (χ1v) is 14.8. The Labute approximate surface area is 238 Å². The van der Waals surface area contributed by atoms with Crippen molar-refractivity contribution in [3.8, 4) is 0 Å². The van der Waals surface area contributed by atoms with E-state index in [1.54, 1.807) is 16.7 Å². The summed E-state index contributed by atoms with van der Waals surface area (Å²) in [5, 5.41) is 3.83. The quantitative estimate of drug-likeness (QED) is 0.163. The van der Waals surface area contributed by atoms with Gasteiger partial charge in [0.15, 0.2) is 0 Å². The van der Waals surface area contributed by atoms with Gasteiger partial charge < -0.3 is 10.2 Å². The van der Waals surface area contributed by atoms with Gasteiger partial charge in [-0.2, -0.15) is 0 Å². The first-order chi connectivity index (χ1) is 17.9. The van der Waals surface area contributed by atoms with Crippen molar-refractivity contribution in [2.75, 3.05) is 5.75 Å². The topological polar surface area (TPSA) is 49.4 Å². The minimum absolute atomic E-state index is 0.0140. The van der Waals surface area contributed by atoms with E-state index >= 15 is 0 Å². The third kappa shape index (κ3) is 9.84. The zero-order valence-corrected chi connectivity index (χ0v) is 24.5. The molecule has 0 bridgehead atoms. The third-order valence-corrected chi connectivity index (χ3v) is 8.03. The largest absolute Gasteiger partial charge is 0.352 e. The van der Waals surface area contributed by atoms with Gasteiger partial charge in [-0.3, -0.25) is 9.59 Å². The summed E-state index contributed by atoms with van der Waals surface area (Å²) in [6.45, 7) is 4.41. The van der Waals surface area contributed by atoms with E-state index in [1.807, 2.05) is 92.7 Å². The van der Waals surface area contributed by atoms with Crippen molar-refractivity contribution in [2.24, 2.45) is 0 Å². The smallest absolute Gasteiger partial charge is 0.243 e. The lowest BCUT2D eigenvalue weighted by atomic mass is 10.0. The van der Waals surface area contributed by atoms with Crippen LogP contribution in [0.5, 0.6) is 0 Å². The van der Waals surface area contributed by atoms with Crippen molar-refractivity contribution < 1.29 is 9.59 Å². The second-order valence-electron chi connectivity index (χ2n) is 9.08. The number of benzene rings is 3. The van der Waals surface area contributed by atoms with E-state index in [-0.39, 0.29) is 17.9 Å². The van der Waals surface area contributed by atoms with Crippen molar-refractivity contribution in [1.82, 2.24) is 10.2 Å². The van der Waals surface area contributed by atoms with Crippen LogP contribution < -0.4 is 5.32 Å². The van der Waals surface area contributed by atoms with E-state index in [0.717, 1.165) is 32.7 Å². The molecule has 3 aromatic carbocycles. The third-order valence-electron chi connectivity index (χ3n) is 6.16. The Bertz CT molecular complexity index is 1130. The van der Waals surface area contributed by atoms with Crippen molar-refractivity contribution in [3.63, 3.8) is 0 Å². The Morgan fingerprint density at radius 2 is 1.65 bits per heavy atom. The predicted octanol–water partition coefficient (Wildman–Crippen LogP) is 7.53. The zero-order chi connectivity index (χ0) is 26.6. The Hall–Kier alpha value is -2.28. The second kappa shape index (κ2) is 15.2. The van der Waals surface area contributed by atoms with Crippen LogP contribution in [-0.2, 0) is 22.6 Å². The highest BCUT2D eigenvalue weighted by Gasteiger charge is 2.30. The molecule has 0 aromatic heterocycles. The van der Waals surface area contributed by atoms with E-state index in [2.05, 4.69) is 21.2 Å². The molecule has 7 heteroatoms. The van der Waals surface area contributed by atoms with Gasteiger partial charge in [0.05, 0.1) is 0 Å². The number of nitrogens with one attached hydrogen (secondary N) is 1. The van der Waals surface area contributed by atoms with Gasteiger partial charge in [-0.15, -0.1) is 11.8 Å². The van der Waals surface area contributed by atoms with Crippen LogP contribution in [0.25, 0.3) is 0 Å². The van der Waals surface area contributed by atoms with Crippen molar-refractivity contribution >= 4 is 51.1 Å². The Morgan fingerprint density at radius 1 is 0.973 bits per heavy atom. The second-order valence-corrected chi connectivity index (χ2v) is 11.6. The molecule has 0 aliphatic carbocycles. The number of amides is 2. The zero-order valence-electron chi connectivity index (χ0n) is 21.3. The van der Waals surface area contributed by atoms with Crippen LogP contribution in [0, 0.1) is 0 Å². The summed E-state index contributed by atoms with van der Waals surface area (Å²) in [6, 6.07) is 25.0. The number of thioether (sulfide) groups is 1. The lowest BCUT2D eigenvalue weighted by Gasteiger charge is -2.32. The molecule has 1 N–H and O–H groups in total. The highest BCUT2D eigenvalue weighted by Crippen LogP contribution is 2.23. The molecule has 0 heterocycles. The van der Waals surface area contributed by atoms with Crippen LogP contribution in [0.3, 0.4) is 0 Å². The van der Waals surface area contributed by atoms with Gasteiger partial charge >= 0.3 is 0 Å². The molecular formula is C30H34BrClN2O2S. The SMILES string of the molecule is CC[C@@H](C)NC(=O)[C@@H](Cc1ccccc1)N(Cc1ccc(Br)cc1)C(=O)CCCSc1ccc(Cl)cc1. The molecule has 4 nitrogen and oxygen atoms in total. The maximum Gasteiger partial charge on any atom is 0.243 e. The standard InChI is InChI=1S/C30H34BrClN2O2S/c1-3-22(2)33-30(36)28(20-23-8-5-4-6-9-23)34(21-24-11-13-25(31)14-12-24)29(35)10-7-19-37-27-17-15-26(32)16-18-27/h4-6,8-9,11-18,22,28H,3,7,10,19-21H2,1-2H3,(H,33,36)/t22-,28-/m1/s1. The molecule has 0 fully saturated rings. The molecule has 0 unspecified atom stereocenters. The average molecular weight is 602 g/mol. The van der Waals surface area contributed by atoms with Gasteiger partial charge in [-0.05, 0) is 73.0 Å². The molecule has 0 radical (unpaired) electrons. The van der Waals surface area contributed by atoms with E-state index < -0.39 is 6.04 Å². The molecule has 0 aliphatic heterocycles. The normalized spacial score (nSPS) is 12.5. The lowest BCUT2D eigenvalue weighted by molar-refractivity contribution is -0.141. The van der Waals surface area contributed by atoms with Crippen LogP contribution in [0.4, 0.5) is 0 Å². The van der Waals surface area contributed by atoms with Gasteiger partial charge in [-0.1, -0.05) is 76.9 Å². The minimum atomic E-state index is -0.600. The first-order valence-electron chi connectivity index (χ1n) is 12.6. The fourth-order valence-electron chi connectivity index (χ4n) is 3.87. The fourth-order valence-corrected chi connectivity index (χ4v) is 5.11. The summed E-state index contributed by atoms with van der Waals surface area (Å²) in [7, 11) is 0. The Kier molecular flexibility index (Phi) is 12.0. The van der Waals surface area contributed by atoms with Crippen molar-refractivity contribution in [3.05, 3.63) is 99.5 Å². The van der Waals surface area contributed by atoms with Crippen LogP contribution in [-0.4, -0.2) is 34.6 Å². The summed E-state index contributed by atoms with van der Waals surface area (Å²) in [5.41, 5.74) is 2.01. The van der Waals surface area contributed by atoms with Crippen LogP contribution in [0.2, 0.25) is 5.02 Å². The van der Waals surface area contributed by atoms with E-state index in [9.17, 15) is 9.59 Å². The molecule has 196 valence electrons. The van der Waals surface area contributed by atoms with Gasteiger partial charge in [0.2, 0.25) is 11.8 Å². The van der Waals surface area contributed by atoms with Gasteiger partial charge in [-0.25, -0.2) is 0 Å². The van der Waals surface area contributed by atoms with Crippen LogP contribution >= 0.6 is 39.3 Å². The van der Waals surface area contributed by atoms with E-state index in [4.69, 9.17) is 11.6 Å². The number of halogens is 2. The molecule has 2 atom stereocenters. The molecule has 37 heavy (non-hydrogen) atoms. The van der Waals surface area contributed by atoms with Crippen LogP contribution in [0.1, 0.15) is 44.2 Å². The number of nitrogens with zero attached hydrogens (tertiary/aromatic N) is 1. The van der Waals surface area contributed by atoms with E-state index in [1.165, 1.54) is 0 Å². The summed E-state index contributed by atoms with van der Waals surface area (Å²) >= 11 is 11.2. The molecule has 3 aromatic rings. The molecule has 0 saturated carbocycles. The summed E-state index contributed by atoms with van der Waals surface area (Å²) < 4.78 is 0.976. The number of carbonyl (C=O) groups is 2. The number of rotatable bonds is 13. The predicted molar refractivity (Wildman–Crippen MR) is 158 cm³/mol. The maximum absolute atomic E-state index is 13.7. The molecular weight excluding hydrogens is 568 g/mol. The Morgan fingerprint density at radius 3 is 2.30 bits per heavy atom. The highest BCUT2D eigenvalue weighted by atomic mass is 79.9. The minimum Gasteiger partial charge on any atom is -0.352 e. The summed E-state index contributed by atoms with van der Waals surface area (Å²) in [6.07, 6.45) is 2.38.